The van der Waals surface area contributed by atoms with Gasteiger partial charge in [-0.1, -0.05) is 48.9 Å². The summed E-state index contributed by atoms with van der Waals surface area (Å²) in [5.74, 6) is 1.14. The van der Waals surface area contributed by atoms with E-state index >= 15 is 0 Å². The van der Waals surface area contributed by atoms with E-state index in [0.717, 1.165) is 68.2 Å². The molecule has 5 rings (SSSR count). The number of carboxylic acid groups (broad SMARTS) is 1. The van der Waals surface area contributed by atoms with Crippen LogP contribution in [0.25, 0.3) is 22.2 Å². The highest BCUT2D eigenvalue weighted by Crippen LogP contribution is 2.37. The Bertz CT molecular complexity index is 1240. The average Bonchev–Trinajstić information content (AvgIpc) is 2.97. The second kappa shape index (κ2) is 9.88. The molecule has 0 radical (unpaired) electrons. The number of aliphatic carboxylic acids is 1. The fraction of sp³-hybridized carbons (Fsp3) is 0.379. The molecule has 5 nitrogen and oxygen atoms in total. The van der Waals surface area contributed by atoms with Gasteiger partial charge in [0.1, 0.15) is 11.3 Å². The van der Waals surface area contributed by atoms with Crippen LogP contribution in [-0.2, 0) is 4.79 Å². The summed E-state index contributed by atoms with van der Waals surface area (Å²) in [7, 11) is 0. The van der Waals surface area contributed by atoms with Gasteiger partial charge in [-0.05, 0) is 91.2 Å². The molecule has 1 aromatic heterocycles. The Hall–Kier alpha value is -3.34. The molecular formula is C29H33N3O2. The Labute approximate surface area is 200 Å². The number of aromatic amines is 1. The normalized spacial score (nSPS) is 21.4. The predicted molar refractivity (Wildman–Crippen MR) is 138 cm³/mol. The number of carbonyl (C=O) groups is 1. The molecule has 2 aromatic carbocycles. The van der Waals surface area contributed by atoms with Crippen LogP contribution in [0, 0.1) is 5.92 Å². The Kier molecular flexibility index (Phi) is 6.52. The van der Waals surface area contributed by atoms with Crippen molar-refractivity contribution in [3.05, 3.63) is 71.6 Å². The highest BCUT2D eigenvalue weighted by molar-refractivity contribution is 5.89. The van der Waals surface area contributed by atoms with Crippen LogP contribution in [0.4, 0.5) is 5.69 Å². The number of H-pyrrole nitrogens is 1. The third kappa shape index (κ3) is 4.93. The number of rotatable bonds is 5. The molecule has 3 aromatic rings. The monoisotopic (exact) mass is 455 g/mol. The van der Waals surface area contributed by atoms with Crippen LogP contribution in [-0.4, -0.2) is 21.0 Å². The molecule has 1 fully saturated rings. The Morgan fingerprint density at radius 3 is 2.59 bits per heavy atom. The second-order valence-electron chi connectivity index (χ2n) is 9.81. The van der Waals surface area contributed by atoms with Crippen LogP contribution in [0.5, 0.6) is 0 Å². The van der Waals surface area contributed by atoms with E-state index in [1.165, 1.54) is 22.3 Å². The molecule has 2 atom stereocenters. The first-order valence-electron chi connectivity index (χ1n) is 12.5. The summed E-state index contributed by atoms with van der Waals surface area (Å²) in [5.41, 5.74) is 14.0. The molecule has 2 aliphatic rings. The minimum absolute atomic E-state index is 0.317. The predicted octanol–water partition coefficient (Wildman–Crippen LogP) is 6.93. The lowest BCUT2D eigenvalue weighted by Crippen LogP contribution is -2.06. The number of aromatic nitrogens is 2. The molecule has 176 valence electrons. The van der Waals surface area contributed by atoms with Crippen LogP contribution in [0.15, 0.2) is 54.6 Å². The molecule has 0 amide bonds. The van der Waals surface area contributed by atoms with E-state index in [2.05, 4.69) is 41.4 Å². The smallest absolute Gasteiger partial charge is 0.303 e. The first-order valence-corrected chi connectivity index (χ1v) is 12.5. The van der Waals surface area contributed by atoms with Crippen LogP contribution < -0.4 is 5.73 Å². The van der Waals surface area contributed by atoms with Gasteiger partial charge < -0.3 is 15.8 Å². The molecule has 34 heavy (non-hydrogen) atoms. The van der Waals surface area contributed by atoms with Gasteiger partial charge in [0.2, 0.25) is 0 Å². The Morgan fingerprint density at radius 2 is 1.79 bits per heavy atom. The van der Waals surface area contributed by atoms with Crippen molar-refractivity contribution >= 4 is 33.8 Å². The molecule has 1 heterocycles. The first-order chi connectivity index (χ1) is 16.6. The number of imidazole rings is 1. The molecule has 1 saturated carbocycles. The van der Waals surface area contributed by atoms with Crippen LogP contribution in [0.2, 0.25) is 0 Å². The van der Waals surface area contributed by atoms with Gasteiger partial charge in [0.05, 0.1) is 11.2 Å². The third-order valence-corrected chi connectivity index (χ3v) is 7.54. The molecule has 0 aliphatic heterocycles. The molecular weight excluding hydrogens is 422 g/mol. The summed E-state index contributed by atoms with van der Waals surface area (Å²) in [6.45, 7) is 0. The van der Waals surface area contributed by atoms with Gasteiger partial charge in [-0.2, -0.15) is 0 Å². The quantitative estimate of drug-likeness (QED) is 0.287. The Balaban J connectivity index is 1.23. The number of benzene rings is 2. The molecule has 0 saturated heterocycles. The van der Waals surface area contributed by atoms with Crippen molar-refractivity contribution in [2.45, 2.75) is 63.7 Å². The van der Waals surface area contributed by atoms with E-state index < -0.39 is 5.97 Å². The van der Waals surface area contributed by atoms with Gasteiger partial charge >= 0.3 is 5.97 Å². The van der Waals surface area contributed by atoms with Crippen molar-refractivity contribution in [1.29, 1.82) is 0 Å². The van der Waals surface area contributed by atoms with Gasteiger partial charge in [0.25, 0.3) is 0 Å². The summed E-state index contributed by atoms with van der Waals surface area (Å²) in [4.78, 5) is 19.3. The van der Waals surface area contributed by atoms with Crippen LogP contribution >= 0.6 is 0 Å². The number of allylic oxidation sites excluding steroid dienone is 4. The number of nitrogen functional groups attached to an aromatic ring is 1. The maximum absolute atomic E-state index is 11.1. The summed E-state index contributed by atoms with van der Waals surface area (Å²) in [6, 6.07) is 15.0. The molecule has 0 spiro atoms. The maximum Gasteiger partial charge on any atom is 0.303 e. The molecule has 0 bridgehead atoms. The Morgan fingerprint density at radius 1 is 1.00 bits per heavy atom. The summed E-state index contributed by atoms with van der Waals surface area (Å²) in [6.07, 6.45) is 13.2. The molecule has 2 aliphatic carbocycles. The first kappa shape index (κ1) is 22.5. The highest BCUT2D eigenvalue weighted by Gasteiger charge is 2.22. The number of nitrogens with one attached hydrogen (secondary N) is 1. The fourth-order valence-electron chi connectivity index (χ4n) is 5.63. The zero-order valence-corrected chi connectivity index (χ0v) is 19.6. The fourth-order valence-corrected chi connectivity index (χ4v) is 5.63. The van der Waals surface area contributed by atoms with Crippen LogP contribution in [0.1, 0.15) is 80.7 Å². The molecule has 4 N–H and O–H groups in total. The summed E-state index contributed by atoms with van der Waals surface area (Å²) in [5, 5.41) is 9.12. The zero-order chi connectivity index (χ0) is 23.5. The standard InChI is InChI=1S/C29H33N3O2/c30-25-8-3-9-26-28(25)32-29(31-26)24-7-2-6-21(16-17-24)23-14-12-22(13-15-23)20-5-1-4-19(10-11-20)18-27(33)34/h3,6-9,12-15,19-20H,1-2,4-5,10-11,16-18,30H2,(H,31,32)(H,33,34). The number of anilines is 1. The SMILES string of the molecule is Nc1cccc2[nH]c(C3=CCC=C(c4ccc(C5CCCC(CC(=O)O)CC5)cc4)CC3)nc12. The number of nitrogens with zero attached hydrogens (tertiary/aromatic N) is 1. The second-order valence-corrected chi connectivity index (χ2v) is 9.81. The molecule has 5 heteroatoms. The number of hydrogen-bond acceptors (Lipinski definition) is 3. The van der Waals surface area contributed by atoms with Crippen molar-refractivity contribution in [3.8, 4) is 0 Å². The number of nitrogens with two attached hydrogens (primary N) is 1. The lowest BCUT2D eigenvalue weighted by molar-refractivity contribution is -0.138. The summed E-state index contributed by atoms with van der Waals surface area (Å²) < 4.78 is 0. The lowest BCUT2D eigenvalue weighted by Gasteiger charge is -2.16. The van der Waals surface area contributed by atoms with Crippen LogP contribution in [0.3, 0.4) is 0 Å². The van der Waals surface area contributed by atoms with Gasteiger partial charge in [-0.25, -0.2) is 4.98 Å². The lowest BCUT2D eigenvalue weighted by atomic mass is 9.89. The summed E-state index contributed by atoms with van der Waals surface area (Å²) >= 11 is 0. The molecule has 2 unspecified atom stereocenters. The van der Waals surface area contributed by atoms with Crippen molar-refractivity contribution < 1.29 is 9.90 Å². The van der Waals surface area contributed by atoms with Crippen molar-refractivity contribution in [3.63, 3.8) is 0 Å². The number of para-hydroxylation sites is 1. The van der Waals surface area contributed by atoms with E-state index in [0.29, 0.717) is 23.9 Å². The highest BCUT2D eigenvalue weighted by atomic mass is 16.4. The van der Waals surface area contributed by atoms with Crippen molar-refractivity contribution in [1.82, 2.24) is 9.97 Å². The van der Waals surface area contributed by atoms with Crippen molar-refractivity contribution in [2.75, 3.05) is 5.73 Å². The van der Waals surface area contributed by atoms with Gasteiger partial charge in [-0.3, -0.25) is 4.79 Å². The minimum atomic E-state index is -0.661. The van der Waals surface area contributed by atoms with E-state index in [9.17, 15) is 4.79 Å². The van der Waals surface area contributed by atoms with Gasteiger partial charge in [0, 0.05) is 6.42 Å². The average molecular weight is 456 g/mol. The number of fused-ring (bicyclic) bond motifs is 1. The van der Waals surface area contributed by atoms with Gasteiger partial charge in [-0.15, -0.1) is 0 Å². The van der Waals surface area contributed by atoms with E-state index in [4.69, 9.17) is 15.8 Å². The van der Waals surface area contributed by atoms with E-state index in [-0.39, 0.29) is 0 Å². The number of carboxylic acids is 1. The zero-order valence-electron chi connectivity index (χ0n) is 19.6. The van der Waals surface area contributed by atoms with Crippen molar-refractivity contribution in [2.24, 2.45) is 5.92 Å². The maximum atomic E-state index is 11.1. The largest absolute Gasteiger partial charge is 0.481 e. The van der Waals surface area contributed by atoms with E-state index in [1.807, 2.05) is 18.2 Å². The number of hydrogen-bond donors (Lipinski definition) is 3. The third-order valence-electron chi connectivity index (χ3n) is 7.54. The minimum Gasteiger partial charge on any atom is -0.481 e. The van der Waals surface area contributed by atoms with Gasteiger partial charge in [0.15, 0.2) is 0 Å². The van der Waals surface area contributed by atoms with E-state index in [1.54, 1.807) is 0 Å². The topological polar surface area (TPSA) is 92.0 Å².